The van der Waals surface area contributed by atoms with E-state index in [4.69, 9.17) is 4.74 Å². The van der Waals surface area contributed by atoms with E-state index >= 15 is 0 Å². The summed E-state index contributed by atoms with van der Waals surface area (Å²) >= 11 is 0. The largest absolute Gasteiger partial charge is 0.508 e. The van der Waals surface area contributed by atoms with Crippen LogP contribution in [0.2, 0.25) is 0 Å². The molecule has 3 aromatic carbocycles. The van der Waals surface area contributed by atoms with Gasteiger partial charge < -0.3 is 25.0 Å². The number of imidazole rings is 1. The summed E-state index contributed by atoms with van der Waals surface area (Å²) in [5.74, 6) is 0.777. The zero-order chi connectivity index (χ0) is 20.4. The number of nitrogens with one attached hydrogen (secondary N) is 2. The van der Waals surface area contributed by atoms with Crippen molar-refractivity contribution < 1.29 is 9.84 Å². The molecule has 0 aliphatic carbocycles. The van der Waals surface area contributed by atoms with Gasteiger partial charge in [-0.25, -0.2) is 4.98 Å². The molecular weight excluding hydrogens is 372 g/mol. The number of nitrogens with zero attached hydrogens (tertiary/aromatic N) is 2. The Balaban J connectivity index is 1.58. The lowest BCUT2D eigenvalue weighted by atomic mass is 10.1. The van der Waals surface area contributed by atoms with Crippen molar-refractivity contribution in [3.8, 4) is 17.2 Å². The van der Waals surface area contributed by atoms with Gasteiger partial charge >= 0.3 is 0 Å². The summed E-state index contributed by atoms with van der Waals surface area (Å²) in [6.07, 6.45) is 5.07. The predicted octanol–water partition coefficient (Wildman–Crippen LogP) is 2.54. The Labute approximate surface area is 165 Å². The first-order valence-electron chi connectivity index (χ1n) is 8.85. The number of anilines is 3. The Hall–Kier alpha value is -4.07. The van der Waals surface area contributed by atoms with Gasteiger partial charge in [0.2, 0.25) is 0 Å². The van der Waals surface area contributed by atoms with Crippen molar-refractivity contribution in [2.24, 2.45) is 0 Å². The highest BCUT2D eigenvalue weighted by atomic mass is 16.5. The number of phenols is 1. The Kier molecular flexibility index (Phi) is 4.74. The molecule has 0 saturated carbocycles. The maximum absolute atomic E-state index is 12.1. The van der Waals surface area contributed by atoms with Crippen LogP contribution in [0, 0.1) is 0 Å². The van der Waals surface area contributed by atoms with Crippen LogP contribution in [-0.2, 0) is 6.54 Å². The molecule has 0 spiro atoms. The lowest BCUT2D eigenvalue weighted by Crippen LogP contribution is -2.36. The third-order valence-corrected chi connectivity index (χ3v) is 4.52. The molecule has 8 heteroatoms. The van der Waals surface area contributed by atoms with Gasteiger partial charge in [0, 0.05) is 24.6 Å². The van der Waals surface area contributed by atoms with Crippen LogP contribution in [0.4, 0.5) is 17.1 Å². The molecule has 8 nitrogen and oxygen atoms in total. The first-order valence-corrected chi connectivity index (χ1v) is 8.85. The minimum atomic E-state index is -0.580. The van der Waals surface area contributed by atoms with E-state index < -0.39 is 10.9 Å². The average molecular weight is 390 g/mol. The number of benzene rings is 2. The molecule has 0 aliphatic rings. The molecule has 1 aromatic heterocycles. The van der Waals surface area contributed by atoms with E-state index in [1.807, 2.05) is 6.07 Å². The number of aromatic nitrogens is 2. The second kappa shape index (κ2) is 7.51. The van der Waals surface area contributed by atoms with Crippen LogP contribution in [0.15, 0.2) is 70.8 Å². The van der Waals surface area contributed by atoms with Gasteiger partial charge in [0.05, 0.1) is 19.1 Å². The summed E-state index contributed by atoms with van der Waals surface area (Å²) in [5.41, 5.74) is 1.43. The van der Waals surface area contributed by atoms with E-state index in [-0.39, 0.29) is 17.1 Å². The average Bonchev–Trinajstić information content (AvgIpc) is 3.27. The Morgan fingerprint density at radius 1 is 1.10 bits per heavy atom. The number of hydrogen-bond acceptors (Lipinski definition) is 7. The van der Waals surface area contributed by atoms with Gasteiger partial charge in [-0.1, -0.05) is 12.1 Å². The van der Waals surface area contributed by atoms with Crippen LogP contribution in [0.25, 0.3) is 5.69 Å². The van der Waals surface area contributed by atoms with Crippen LogP contribution in [0.3, 0.4) is 0 Å². The van der Waals surface area contributed by atoms with E-state index in [1.165, 1.54) is 0 Å². The third-order valence-electron chi connectivity index (χ3n) is 4.52. The van der Waals surface area contributed by atoms with Gasteiger partial charge in [0.25, 0.3) is 10.9 Å². The lowest BCUT2D eigenvalue weighted by Gasteiger charge is -2.17. The number of aromatic hydroxyl groups is 1. The predicted molar refractivity (Wildman–Crippen MR) is 110 cm³/mol. The van der Waals surface area contributed by atoms with E-state index in [9.17, 15) is 14.7 Å². The van der Waals surface area contributed by atoms with Crippen LogP contribution in [-0.4, -0.2) is 21.8 Å². The third kappa shape index (κ3) is 3.55. The van der Waals surface area contributed by atoms with Crippen LogP contribution in [0.1, 0.15) is 5.56 Å². The number of hydrogen-bond donors (Lipinski definition) is 3. The van der Waals surface area contributed by atoms with E-state index in [2.05, 4.69) is 15.6 Å². The van der Waals surface area contributed by atoms with E-state index in [0.29, 0.717) is 18.0 Å². The van der Waals surface area contributed by atoms with Gasteiger partial charge in [0.1, 0.15) is 22.9 Å². The molecule has 4 rings (SSSR count). The minimum Gasteiger partial charge on any atom is -0.508 e. The van der Waals surface area contributed by atoms with Crippen molar-refractivity contribution in [3.05, 3.63) is 87.2 Å². The first-order chi connectivity index (χ1) is 14.1. The molecule has 146 valence electrons. The Morgan fingerprint density at radius 2 is 1.93 bits per heavy atom. The Morgan fingerprint density at radius 3 is 2.66 bits per heavy atom. The van der Waals surface area contributed by atoms with Crippen molar-refractivity contribution in [1.29, 1.82) is 0 Å². The molecule has 1 heterocycles. The monoisotopic (exact) mass is 390 g/mol. The topological polar surface area (TPSA) is 105 Å². The van der Waals surface area contributed by atoms with Crippen LogP contribution < -0.4 is 26.2 Å². The van der Waals surface area contributed by atoms with Gasteiger partial charge in [0.15, 0.2) is 0 Å². The summed E-state index contributed by atoms with van der Waals surface area (Å²) in [5, 5.41) is 15.5. The summed E-state index contributed by atoms with van der Waals surface area (Å²) in [6.45, 7) is 0.302. The molecule has 0 saturated heterocycles. The summed E-state index contributed by atoms with van der Waals surface area (Å²) in [4.78, 5) is 28.1. The fourth-order valence-electron chi connectivity index (χ4n) is 3.05. The van der Waals surface area contributed by atoms with Gasteiger partial charge in [-0.15, -0.1) is 0 Å². The molecule has 4 aromatic rings. The van der Waals surface area contributed by atoms with E-state index in [1.54, 1.807) is 66.8 Å². The van der Waals surface area contributed by atoms with Gasteiger partial charge in [-0.05, 0) is 35.9 Å². The fourth-order valence-corrected chi connectivity index (χ4v) is 3.05. The highest BCUT2D eigenvalue weighted by molar-refractivity contribution is 5.79. The zero-order valence-electron chi connectivity index (χ0n) is 15.5. The highest BCUT2D eigenvalue weighted by Crippen LogP contribution is 2.29. The molecular formula is C21H18N4O4. The summed E-state index contributed by atoms with van der Waals surface area (Å²) in [6, 6.07) is 12.0. The zero-order valence-corrected chi connectivity index (χ0v) is 15.5. The molecule has 0 aliphatic heterocycles. The van der Waals surface area contributed by atoms with E-state index in [0.717, 1.165) is 11.3 Å². The normalized spacial score (nSPS) is 10.8. The second-order valence-electron chi connectivity index (χ2n) is 6.41. The van der Waals surface area contributed by atoms with Crippen LogP contribution in [0.5, 0.6) is 11.5 Å². The van der Waals surface area contributed by atoms with Crippen molar-refractivity contribution >= 4 is 17.1 Å². The quantitative estimate of drug-likeness (QED) is 0.417. The first kappa shape index (κ1) is 18.3. The maximum atomic E-state index is 12.1. The standard InChI is InChI=1S/C21H18N4O4/c1-29-17-6-5-14(10-16(17)25-8-7-22-12-25)24-19-18(20(27)21(19)28)23-11-13-3-2-4-15(26)9-13/h2-10,12,23-24,26H,11H2,1H3. The van der Waals surface area contributed by atoms with Crippen LogP contribution >= 0.6 is 0 Å². The number of rotatable bonds is 7. The number of methoxy groups -OCH3 is 1. The molecule has 0 unspecified atom stereocenters. The SMILES string of the molecule is COc1ccc(Nc2c(NCc3cccc(O)c3)c(=O)c2=O)cc1-n1ccnc1. The highest BCUT2D eigenvalue weighted by Gasteiger charge is 2.21. The van der Waals surface area contributed by atoms with Gasteiger partial charge in [-0.3, -0.25) is 9.59 Å². The van der Waals surface area contributed by atoms with Gasteiger partial charge in [-0.2, -0.15) is 0 Å². The smallest absolute Gasteiger partial charge is 0.253 e. The lowest BCUT2D eigenvalue weighted by molar-refractivity contribution is 0.413. The molecule has 0 fully saturated rings. The molecule has 3 N–H and O–H groups in total. The molecule has 0 bridgehead atoms. The van der Waals surface area contributed by atoms with Crippen molar-refractivity contribution in [3.63, 3.8) is 0 Å². The summed E-state index contributed by atoms with van der Waals surface area (Å²) < 4.78 is 7.17. The second-order valence-corrected chi connectivity index (χ2v) is 6.41. The minimum absolute atomic E-state index is 0.137. The molecule has 0 atom stereocenters. The van der Waals surface area contributed by atoms with Crippen molar-refractivity contribution in [1.82, 2.24) is 9.55 Å². The molecule has 0 amide bonds. The Bertz CT molecular complexity index is 1220. The molecule has 0 radical (unpaired) electrons. The fraction of sp³-hybridized carbons (Fsp3) is 0.0952. The maximum Gasteiger partial charge on any atom is 0.253 e. The van der Waals surface area contributed by atoms with Crippen molar-refractivity contribution in [2.75, 3.05) is 17.7 Å². The number of phenolic OH excluding ortho intramolecular Hbond substituents is 1. The van der Waals surface area contributed by atoms with Crippen molar-refractivity contribution in [2.45, 2.75) is 6.54 Å². The number of ether oxygens (including phenoxy) is 1. The summed E-state index contributed by atoms with van der Waals surface area (Å²) in [7, 11) is 1.57. The molecule has 29 heavy (non-hydrogen) atoms.